The van der Waals surface area contributed by atoms with Gasteiger partial charge in [0.2, 0.25) is 0 Å². The van der Waals surface area contributed by atoms with E-state index in [9.17, 15) is 44.6 Å². The Bertz CT molecular complexity index is 1590. The topological polar surface area (TPSA) is 222 Å². The van der Waals surface area contributed by atoms with Crippen LogP contribution in [0.25, 0.3) is 0 Å². The summed E-state index contributed by atoms with van der Waals surface area (Å²) in [5.74, 6) is -1.28. The van der Waals surface area contributed by atoms with Gasteiger partial charge in [0.05, 0.1) is 18.8 Å². The maximum absolute atomic E-state index is 12.8. The van der Waals surface area contributed by atoms with E-state index in [1.807, 2.05) is 30.4 Å². The van der Waals surface area contributed by atoms with Gasteiger partial charge >= 0.3 is 19.8 Å². The summed E-state index contributed by atoms with van der Waals surface area (Å²) in [5.41, 5.74) is 0. The molecule has 1 aliphatic carbocycles. The van der Waals surface area contributed by atoms with Crippen LogP contribution in [0.4, 0.5) is 0 Å². The van der Waals surface area contributed by atoms with E-state index >= 15 is 0 Å². The van der Waals surface area contributed by atoms with E-state index < -0.39 is 75.7 Å². The lowest BCUT2D eigenvalue weighted by molar-refractivity contribution is -0.220. The minimum absolute atomic E-state index is 0.0465. The van der Waals surface area contributed by atoms with Gasteiger partial charge in [0.25, 0.3) is 0 Å². The van der Waals surface area contributed by atoms with E-state index in [0.717, 1.165) is 51.4 Å². The molecule has 0 bridgehead atoms. The molecule has 0 aromatic heterocycles. The molecule has 0 radical (unpaired) electrons. The number of aliphatic hydroxyl groups is 5. The zero-order chi connectivity index (χ0) is 48.3. The Morgan fingerprint density at radius 3 is 1.56 bits per heavy atom. The second-order valence-corrected chi connectivity index (χ2v) is 18.0. The first kappa shape index (κ1) is 58.9. The number of carbonyl (C=O) groups excluding carboxylic acids is 2. The summed E-state index contributed by atoms with van der Waals surface area (Å²) < 4.78 is 39.1. The predicted molar refractivity (Wildman–Crippen MR) is 257 cm³/mol. The number of allylic oxidation sites excluding steroid dienone is 15. The van der Waals surface area contributed by atoms with Crippen molar-refractivity contribution in [3.63, 3.8) is 0 Å². The average Bonchev–Trinajstić information content (AvgIpc) is 4.06. The summed E-state index contributed by atoms with van der Waals surface area (Å²) in [6, 6.07) is 0. The highest BCUT2D eigenvalue weighted by Crippen LogP contribution is 2.47. The lowest BCUT2D eigenvalue weighted by Gasteiger charge is -2.41. The highest BCUT2D eigenvalue weighted by Gasteiger charge is 2.51. The number of epoxide rings is 1. The fourth-order valence-corrected chi connectivity index (χ4v) is 7.80. The van der Waals surface area contributed by atoms with E-state index in [1.54, 1.807) is 0 Å². The van der Waals surface area contributed by atoms with Gasteiger partial charge in [0.1, 0.15) is 43.2 Å². The maximum Gasteiger partial charge on any atom is 0.472 e. The molecule has 2 rings (SSSR count). The minimum Gasteiger partial charge on any atom is -0.462 e. The summed E-state index contributed by atoms with van der Waals surface area (Å²) in [4.78, 5) is 35.7. The third kappa shape index (κ3) is 28.2. The fraction of sp³-hybridized carbons (Fsp3) is 0.647. The zero-order valence-corrected chi connectivity index (χ0v) is 40.3. The number of hydrogen-bond acceptors (Lipinski definition) is 13. The first-order valence-electron chi connectivity index (χ1n) is 24.2. The minimum atomic E-state index is -5.16. The Morgan fingerprint density at radius 2 is 1.02 bits per heavy atom. The monoisotopic (exact) mass is 949 g/mol. The van der Waals surface area contributed by atoms with Crippen LogP contribution in [-0.2, 0) is 37.4 Å². The number of aliphatic hydroxyl groups excluding tert-OH is 5. The van der Waals surface area contributed by atoms with Gasteiger partial charge in [-0.25, -0.2) is 4.57 Å². The lowest BCUT2D eigenvalue weighted by atomic mass is 9.85. The van der Waals surface area contributed by atoms with Crippen LogP contribution in [0.15, 0.2) is 97.2 Å². The van der Waals surface area contributed by atoms with Crippen LogP contribution in [0.5, 0.6) is 0 Å². The first-order chi connectivity index (χ1) is 31.9. The predicted octanol–water partition coefficient (Wildman–Crippen LogP) is 8.82. The third-order valence-corrected chi connectivity index (χ3v) is 11.8. The van der Waals surface area contributed by atoms with Gasteiger partial charge in [-0.05, 0) is 83.5 Å². The molecule has 0 aromatic carbocycles. The van der Waals surface area contributed by atoms with Crippen molar-refractivity contribution in [3.05, 3.63) is 97.2 Å². The molecule has 10 atom stereocenters. The normalized spacial score (nSPS) is 25.2. The summed E-state index contributed by atoms with van der Waals surface area (Å²) in [7, 11) is -5.16. The second-order valence-electron chi connectivity index (χ2n) is 16.6. The first-order valence-corrected chi connectivity index (χ1v) is 25.7. The quantitative estimate of drug-likeness (QED) is 0.0113. The highest BCUT2D eigenvalue weighted by molar-refractivity contribution is 7.47. The number of unbranched alkanes of at least 4 members (excludes halogenated alkanes) is 6. The molecule has 1 aliphatic heterocycles. The van der Waals surface area contributed by atoms with Gasteiger partial charge in [0, 0.05) is 12.8 Å². The van der Waals surface area contributed by atoms with Gasteiger partial charge in [-0.15, -0.1) is 0 Å². The maximum atomic E-state index is 12.8. The number of rotatable bonds is 37. The van der Waals surface area contributed by atoms with Gasteiger partial charge in [-0.1, -0.05) is 143 Å². The fourth-order valence-electron chi connectivity index (χ4n) is 6.83. The van der Waals surface area contributed by atoms with Crippen LogP contribution in [0.1, 0.15) is 142 Å². The molecule has 15 heteroatoms. The molecule has 5 unspecified atom stereocenters. The van der Waals surface area contributed by atoms with Crippen molar-refractivity contribution in [3.8, 4) is 0 Å². The molecule has 374 valence electrons. The molecule has 1 saturated carbocycles. The Balaban J connectivity index is 1.75. The van der Waals surface area contributed by atoms with E-state index in [1.165, 1.54) is 38.5 Å². The molecule has 14 nitrogen and oxygen atoms in total. The Labute approximate surface area is 394 Å². The second kappa shape index (κ2) is 36.7. The van der Waals surface area contributed by atoms with Gasteiger partial charge in [-0.3, -0.25) is 18.6 Å². The van der Waals surface area contributed by atoms with Crippen molar-refractivity contribution in [2.45, 2.75) is 197 Å². The van der Waals surface area contributed by atoms with Crippen LogP contribution in [0, 0.1) is 0 Å². The summed E-state index contributed by atoms with van der Waals surface area (Å²) in [6.45, 7) is 3.12. The zero-order valence-electron chi connectivity index (χ0n) is 39.4. The lowest BCUT2D eigenvalue weighted by Crippen LogP contribution is -2.64. The number of esters is 2. The van der Waals surface area contributed by atoms with Crippen molar-refractivity contribution in [1.29, 1.82) is 0 Å². The highest BCUT2D eigenvalue weighted by atomic mass is 31.2. The number of hydrogen-bond donors (Lipinski definition) is 6. The molecule has 2 fully saturated rings. The smallest absolute Gasteiger partial charge is 0.462 e. The van der Waals surface area contributed by atoms with Crippen molar-refractivity contribution in [2.24, 2.45) is 0 Å². The van der Waals surface area contributed by atoms with Crippen LogP contribution in [0.2, 0.25) is 0 Å². The number of phosphoric ester groups is 1. The molecule has 2 aliphatic rings. The van der Waals surface area contributed by atoms with E-state index in [2.05, 4.69) is 80.7 Å². The van der Waals surface area contributed by atoms with Crippen molar-refractivity contribution >= 4 is 19.8 Å². The summed E-state index contributed by atoms with van der Waals surface area (Å²) in [6.07, 6.45) is 37.9. The Hall–Kier alpha value is -3.27. The van der Waals surface area contributed by atoms with Gasteiger partial charge in [-0.2, -0.15) is 0 Å². The summed E-state index contributed by atoms with van der Waals surface area (Å²) >= 11 is 0. The molecule has 0 amide bonds. The molecule has 1 heterocycles. The SMILES string of the molecule is CCCCC/C=C\C/C=C\C/C=C\C/C=C\C/C=C\CCC(=O)O[C@H](COC(=O)CCC/C=C\C/C=C\C/C=C\CC1OC1CCCCC)COP(=O)(O)OC1[C@H](O)[C@H](O)C(O)[C@H](O)[C@H]1O. The van der Waals surface area contributed by atoms with Gasteiger partial charge in [0.15, 0.2) is 6.10 Å². The van der Waals surface area contributed by atoms with Crippen molar-refractivity contribution in [1.82, 2.24) is 0 Å². The van der Waals surface area contributed by atoms with Crippen LogP contribution in [-0.4, -0.2) is 111 Å². The standard InChI is InChI=1S/C51H81O14P/c1-3-5-7-8-9-10-11-12-13-14-15-16-17-18-19-24-27-30-34-38-45(53)63-41(40-62-66(59,60)65-51-49(57)47(55)46(54)48(56)50(51)58)39-61-44(52)37-33-29-26-23-21-20-22-25-28-32-36-43-42(64-43)35-31-6-4-2/h9-10,12-13,15-16,18-20,22-23,26-28,30,32,41-43,46-51,54-58H,3-8,11,14,17,21,24-25,29,31,33-40H2,1-2H3,(H,59,60)/b10-9-,13-12-,16-15-,19-18-,22-20-,26-23-,30-27-,32-28-/t41-,42?,43?,46?,47-,48+,49-,50-,51?/m1/s1. The third-order valence-electron chi connectivity index (χ3n) is 10.8. The van der Waals surface area contributed by atoms with E-state index in [0.29, 0.717) is 37.9 Å². The number of phosphoric acid groups is 1. The van der Waals surface area contributed by atoms with Crippen LogP contribution in [0.3, 0.4) is 0 Å². The molecule has 6 N–H and O–H groups in total. The summed E-state index contributed by atoms with van der Waals surface area (Å²) in [5, 5.41) is 50.2. The van der Waals surface area contributed by atoms with E-state index in [4.69, 9.17) is 23.3 Å². The van der Waals surface area contributed by atoms with Crippen molar-refractivity contribution < 1.29 is 67.8 Å². The molecule has 66 heavy (non-hydrogen) atoms. The Morgan fingerprint density at radius 1 is 0.545 bits per heavy atom. The number of ether oxygens (including phenoxy) is 3. The average molecular weight is 949 g/mol. The van der Waals surface area contributed by atoms with Crippen LogP contribution >= 0.6 is 7.82 Å². The van der Waals surface area contributed by atoms with Crippen molar-refractivity contribution in [2.75, 3.05) is 13.2 Å². The molecule has 0 spiro atoms. The number of carbonyl (C=O) groups is 2. The molecule has 1 saturated heterocycles. The molecular formula is C51H81O14P. The Kier molecular flexibility index (Phi) is 32.8. The van der Waals surface area contributed by atoms with E-state index in [-0.39, 0.29) is 12.8 Å². The molecular weight excluding hydrogens is 868 g/mol. The van der Waals surface area contributed by atoms with Gasteiger partial charge < -0.3 is 44.6 Å². The largest absolute Gasteiger partial charge is 0.472 e. The molecule has 0 aromatic rings. The van der Waals surface area contributed by atoms with Crippen LogP contribution < -0.4 is 0 Å².